The largest absolute Gasteiger partial charge is 0.467 e. The third kappa shape index (κ3) is 1.95. The topological polar surface area (TPSA) is 38.7 Å². The molecule has 3 nitrogen and oxygen atoms in total. The first-order valence-electron chi connectivity index (χ1n) is 4.75. The molecule has 1 aliphatic heterocycles. The predicted molar refractivity (Wildman–Crippen MR) is 57.0 cm³/mol. The van der Waals surface area contributed by atoms with Crippen molar-refractivity contribution in [3.63, 3.8) is 0 Å². The summed E-state index contributed by atoms with van der Waals surface area (Å²) in [7, 11) is 0. The van der Waals surface area contributed by atoms with E-state index in [2.05, 4.69) is 0 Å². The van der Waals surface area contributed by atoms with Crippen molar-refractivity contribution >= 4 is 11.6 Å². The Labute approximate surface area is 93.6 Å². The van der Waals surface area contributed by atoms with Gasteiger partial charge in [-0.25, -0.2) is 0 Å². The summed E-state index contributed by atoms with van der Waals surface area (Å²) >= 11 is 6.07. The zero-order valence-corrected chi connectivity index (χ0v) is 9.47. The van der Waals surface area contributed by atoms with E-state index in [0.29, 0.717) is 17.2 Å². The smallest absolute Gasteiger partial charge is 0.189 e. The summed E-state index contributed by atoms with van der Waals surface area (Å²) in [6.07, 6.45) is 0. The number of fused-ring (bicyclic) bond motifs is 1. The first-order chi connectivity index (χ1) is 7.00. The molecule has 4 heteroatoms. The van der Waals surface area contributed by atoms with Gasteiger partial charge in [0.15, 0.2) is 6.79 Å². The Morgan fingerprint density at radius 1 is 1.40 bits per heavy atom. The summed E-state index contributed by atoms with van der Waals surface area (Å²) in [6.45, 7) is 4.07. The van der Waals surface area contributed by atoms with Crippen molar-refractivity contribution in [3.05, 3.63) is 28.3 Å². The number of hydrogen-bond donors (Lipinski definition) is 1. The van der Waals surface area contributed by atoms with Crippen molar-refractivity contribution < 1.29 is 14.6 Å². The number of aliphatic hydroxyl groups is 1. The molecule has 0 atom stereocenters. The molecule has 0 aromatic heterocycles. The monoisotopic (exact) mass is 228 g/mol. The van der Waals surface area contributed by atoms with Crippen LogP contribution in [0.2, 0.25) is 5.02 Å². The van der Waals surface area contributed by atoms with Crippen molar-refractivity contribution in [2.75, 3.05) is 6.79 Å². The van der Waals surface area contributed by atoms with Gasteiger partial charge in [-0.1, -0.05) is 11.6 Å². The van der Waals surface area contributed by atoms with Crippen LogP contribution in [0.1, 0.15) is 25.0 Å². The van der Waals surface area contributed by atoms with Crippen LogP contribution in [0.3, 0.4) is 0 Å². The Morgan fingerprint density at radius 2 is 2.13 bits per heavy atom. The van der Waals surface area contributed by atoms with E-state index in [0.717, 1.165) is 11.3 Å². The quantitative estimate of drug-likeness (QED) is 0.803. The molecule has 82 valence electrons. The molecular weight excluding hydrogens is 216 g/mol. The Bertz CT molecular complexity index is 382. The Morgan fingerprint density at radius 3 is 2.80 bits per heavy atom. The van der Waals surface area contributed by atoms with Crippen LogP contribution < -0.4 is 4.74 Å². The van der Waals surface area contributed by atoms with Crippen LogP contribution >= 0.6 is 11.6 Å². The van der Waals surface area contributed by atoms with E-state index in [1.807, 2.05) is 0 Å². The minimum Gasteiger partial charge on any atom is -0.467 e. The molecule has 1 heterocycles. The van der Waals surface area contributed by atoms with Gasteiger partial charge in [-0.3, -0.25) is 0 Å². The summed E-state index contributed by atoms with van der Waals surface area (Å²) < 4.78 is 10.5. The maximum Gasteiger partial charge on any atom is 0.189 e. The van der Waals surface area contributed by atoms with Crippen molar-refractivity contribution in [2.24, 2.45) is 0 Å². The lowest BCUT2D eigenvalue weighted by atomic mass is 9.92. The Kier molecular flexibility index (Phi) is 2.63. The molecule has 1 aromatic carbocycles. The zero-order valence-electron chi connectivity index (χ0n) is 8.71. The van der Waals surface area contributed by atoms with E-state index in [-0.39, 0.29) is 6.79 Å². The predicted octanol–water partition coefficient (Wildman–Crippen LogP) is 2.43. The van der Waals surface area contributed by atoms with Gasteiger partial charge < -0.3 is 14.6 Å². The summed E-state index contributed by atoms with van der Waals surface area (Å²) in [5, 5.41) is 10.6. The molecule has 0 radical (unpaired) electrons. The number of rotatable bonds is 1. The average molecular weight is 229 g/mol. The molecule has 1 aliphatic rings. The second-order valence-corrected chi connectivity index (χ2v) is 4.48. The minimum atomic E-state index is -0.994. The minimum absolute atomic E-state index is 0.250. The highest BCUT2D eigenvalue weighted by Gasteiger charge is 2.27. The van der Waals surface area contributed by atoms with Crippen LogP contribution in [-0.4, -0.2) is 11.9 Å². The third-order valence-corrected chi connectivity index (χ3v) is 2.69. The first-order valence-corrected chi connectivity index (χ1v) is 5.12. The molecule has 0 saturated heterocycles. The van der Waals surface area contributed by atoms with Gasteiger partial charge in [-0.15, -0.1) is 0 Å². The first kappa shape index (κ1) is 10.7. The fraction of sp³-hybridized carbons (Fsp3) is 0.455. The summed E-state index contributed by atoms with van der Waals surface area (Å²) in [5.74, 6) is 0.739. The van der Waals surface area contributed by atoms with Crippen LogP contribution in [0, 0.1) is 0 Å². The van der Waals surface area contributed by atoms with E-state index in [1.54, 1.807) is 26.0 Å². The lowest BCUT2D eigenvalue weighted by Gasteiger charge is -2.27. The molecule has 0 amide bonds. The Balaban J connectivity index is 2.60. The second-order valence-electron chi connectivity index (χ2n) is 4.07. The average Bonchev–Trinajstić information content (AvgIpc) is 2.15. The highest BCUT2D eigenvalue weighted by atomic mass is 35.5. The summed E-state index contributed by atoms with van der Waals surface area (Å²) in [5.41, 5.74) is 0.523. The fourth-order valence-corrected chi connectivity index (χ4v) is 2.20. The molecule has 0 spiro atoms. The van der Waals surface area contributed by atoms with Crippen LogP contribution in [0.5, 0.6) is 5.75 Å². The van der Waals surface area contributed by atoms with Crippen LogP contribution in [0.25, 0.3) is 0 Å². The maximum absolute atomic E-state index is 10.0. The van der Waals surface area contributed by atoms with Gasteiger partial charge >= 0.3 is 0 Å². The van der Waals surface area contributed by atoms with Gasteiger partial charge in [0.25, 0.3) is 0 Å². The summed E-state index contributed by atoms with van der Waals surface area (Å²) in [4.78, 5) is 0. The van der Waals surface area contributed by atoms with Crippen LogP contribution in [0.15, 0.2) is 12.1 Å². The fourth-order valence-electron chi connectivity index (χ4n) is 1.79. The molecule has 2 rings (SSSR count). The van der Waals surface area contributed by atoms with E-state index < -0.39 is 5.60 Å². The Hall–Kier alpha value is -0.770. The molecule has 0 fully saturated rings. The molecule has 1 N–H and O–H groups in total. The van der Waals surface area contributed by atoms with Crippen molar-refractivity contribution in [1.29, 1.82) is 0 Å². The molecule has 0 saturated carbocycles. The van der Waals surface area contributed by atoms with Gasteiger partial charge in [0, 0.05) is 16.1 Å². The second kappa shape index (κ2) is 3.67. The van der Waals surface area contributed by atoms with Gasteiger partial charge in [-0.2, -0.15) is 0 Å². The lowest BCUT2D eigenvalue weighted by molar-refractivity contribution is -0.0201. The van der Waals surface area contributed by atoms with Gasteiger partial charge in [0.05, 0.1) is 12.2 Å². The van der Waals surface area contributed by atoms with Gasteiger partial charge in [0.2, 0.25) is 0 Å². The van der Waals surface area contributed by atoms with E-state index in [4.69, 9.17) is 21.1 Å². The SMILES string of the molecule is CC(C)(O)c1c(Cl)ccc2c1COCO2. The molecular formula is C11H13ClO3. The van der Waals surface area contributed by atoms with E-state index in [9.17, 15) is 5.11 Å². The normalized spacial score (nSPS) is 15.7. The highest BCUT2D eigenvalue weighted by molar-refractivity contribution is 6.31. The molecule has 1 aromatic rings. The van der Waals surface area contributed by atoms with Crippen molar-refractivity contribution in [3.8, 4) is 5.75 Å². The van der Waals surface area contributed by atoms with E-state index >= 15 is 0 Å². The van der Waals surface area contributed by atoms with Crippen LogP contribution in [-0.2, 0) is 16.9 Å². The number of ether oxygens (including phenoxy) is 2. The maximum atomic E-state index is 10.0. The van der Waals surface area contributed by atoms with E-state index in [1.165, 1.54) is 0 Å². The molecule has 0 unspecified atom stereocenters. The van der Waals surface area contributed by atoms with Gasteiger partial charge in [-0.05, 0) is 26.0 Å². The zero-order chi connectivity index (χ0) is 11.1. The van der Waals surface area contributed by atoms with Gasteiger partial charge in [0.1, 0.15) is 5.75 Å². The number of halogens is 1. The highest BCUT2D eigenvalue weighted by Crippen LogP contribution is 2.37. The molecule has 0 aliphatic carbocycles. The third-order valence-electron chi connectivity index (χ3n) is 2.38. The standard InChI is InChI=1S/C11H13ClO3/c1-11(2,13)10-7-5-14-6-15-9(7)4-3-8(10)12/h3-4,13H,5-6H2,1-2H3. The lowest BCUT2D eigenvalue weighted by Crippen LogP contribution is -2.22. The number of hydrogen-bond acceptors (Lipinski definition) is 3. The van der Waals surface area contributed by atoms with Crippen molar-refractivity contribution in [2.45, 2.75) is 26.1 Å². The van der Waals surface area contributed by atoms with Crippen molar-refractivity contribution in [1.82, 2.24) is 0 Å². The number of benzene rings is 1. The summed E-state index contributed by atoms with van der Waals surface area (Å²) in [6, 6.07) is 3.54. The molecule has 0 bridgehead atoms. The van der Waals surface area contributed by atoms with Crippen LogP contribution in [0.4, 0.5) is 0 Å². The molecule has 15 heavy (non-hydrogen) atoms.